The molecule has 470 valence electrons. The summed E-state index contributed by atoms with van der Waals surface area (Å²) in [6.07, 6.45) is 90.7. The zero-order chi connectivity index (χ0) is 58.5. The molecule has 1 atom stereocenters. The summed E-state index contributed by atoms with van der Waals surface area (Å²) in [4.78, 5) is 38.5. The molecule has 0 spiro atoms. The molecule has 0 amide bonds. The summed E-state index contributed by atoms with van der Waals surface area (Å²) in [6, 6.07) is 0. The van der Waals surface area contributed by atoms with E-state index >= 15 is 0 Å². The Hall–Kier alpha value is -3.15. The molecule has 6 heteroatoms. The van der Waals surface area contributed by atoms with Crippen LogP contribution in [0.3, 0.4) is 0 Å². The highest BCUT2D eigenvalue weighted by atomic mass is 16.6. The van der Waals surface area contributed by atoms with Gasteiger partial charge in [0.1, 0.15) is 13.2 Å². The van der Waals surface area contributed by atoms with Gasteiger partial charge >= 0.3 is 17.9 Å². The lowest BCUT2D eigenvalue weighted by Gasteiger charge is -2.18. The molecular weight excluding hydrogens is 997 g/mol. The van der Waals surface area contributed by atoms with Crippen LogP contribution in [0.4, 0.5) is 0 Å². The minimum absolute atomic E-state index is 0.0759. The van der Waals surface area contributed by atoms with Crippen LogP contribution in [0.5, 0.6) is 0 Å². The highest BCUT2D eigenvalue weighted by Gasteiger charge is 2.19. The van der Waals surface area contributed by atoms with E-state index in [9.17, 15) is 14.4 Å². The molecule has 81 heavy (non-hydrogen) atoms. The van der Waals surface area contributed by atoms with Gasteiger partial charge in [-0.2, -0.15) is 0 Å². The Bertz CT molecular complexity index is 1490. The highest BCUT2D eigenvalue weighted by Crippen LogP contribution is 2.17. The van der Waals surface area contributed by atoms with Gasteiger partial charge in [-0.15, -0.1) is 0 Å². The first-order chi connectivity index (χ1) is 40.0. The van der Waals surface area contributed by atoms with Crippen molar-refractivity contribution in [3.8, 4) is 0 Å². The van der Waals surface area contributed by atoms with Crippen molar-refractivity contribution in [1.82, 2.24) is 0 Å². The zero-order valence-corrected chi connectivity index (χ0v) is 54.1. The fraction of sp³-hybridized carbons (Fsp3) is 0.800. The van der Waals surface area contributed by atoms with Crippen molar-refractivity contribution in [2.45, 2.75) is 374 Å². The van der Waals surface area contributed by atoms with Gasteiger partial charge in [-0.05, 0) is 109 Å². The predicted octanol–water partition coefficient (Wildman–Crippen LogP) is 24.4. The summed E-state index contributed by atoms with van der Waals surface area (Å²) in [6.45, 7) is 6.57. The second kappa shape index (κ2) is 69.3. The fourth-order valence-electron chi connectivity index (χ4n) is 10.4. The average molecular weight is 1130 g/mol. The van der Waals surface area contributed by atoms with Gasteiger partial charge in [-0.25, -0.2) is 0 Å². The van der Waals surface area contributed by atoms with Crippen molar-refractivity contribution in [1.29, 1.82) is 0 Å². The number of allylic oxidation sites excluding steroid dienone is 12. The molecule has 0 saturated carbocycles. The Morgan fingerprint density at radius 1 is 0.259 bits per heavy atom. The third-order valence-corrected chi connectivity index (χ3v) is 15.7. The SMILES string of the molecule is CC/C=C\C/C=C\C/C=C\C/C=C\CCCCCCCCCCCCCCCCC(=O)OCC(COC(=O)CCCCCCC/C=C\CCCCCCCC)OC(=O)CCCCCCCCCCC/C=C\CCCCCCCCCC. The van der Waals surface area contributed by atoms with Gasteiger partial charge in [0.2, 0.25) is 0 Å². The monoisotopic (exact) mass is 1130 g/mol. The summed E-state index contributed by atoms with van der Waals surface area (Å²) in [7, 11) is 0. The van der Waals surface area contributed by atoms with Crippen molar-refractivity contribution in [2.75, 3.05) is 13.2 Å². The molecule has 0 radical (unpaired) electrons. The minimum Gasteiger partial charge on any atom is -0.462 e. The van der Waals surface area contributed by atoms with Crippen LogP contribution in [0, 0.1) is 0 Å². The quantitative estimate of drug-likeness (QED) is 0.0261. The van der Waals surface area contributed by atoms with Crippen LogP contribution in [0.25, 0.3) is 0 Å². The first-order valence-corrected chi connectivity index (χ1v) is 35.4. The van der Waals surface area contributed by atoms with Crippen LogP contribution < -0.4 is 0 Å². The third-order valence-electron chi connectivity index (χ3n) is 15.7. The van der Waals surface area contributed by atoms with Gasteiger partial charge in [0.25, 0.3) is 0 Å². The highest BCUT2D eigenvalue weighted by molar-refractivity contribution is 5.71. The maximum absolute atomic E-state index is 13.0. The lowest BCUT2D eigenvalue weighted by molar-refractivity contribution is -0.167. The average Bonchev–Trinajstić information content (AvgIpc) is 3.47. The first kappa shape index (κ1) is 77.9. The number of unbranched alkanes of at least 4 members (excludes halogenated alkanes) is 42. The minimum atomic E-state index is -0.781. The molecule has 0 N–H and O–H groups in total. The molecule has 0 aliphatic rings. The van der Waals surface area contributed by atoms with Crippen molar-refractivity contribution in [3.05, 3.63) is 72.9 Å². The summed E-state index contributed by atoms with van der Waals surface area (Å²) in [5.74, 6) is -0.865. The molecule has 0 heterocycles. The first-order valence-electron chi connectivity index (χ1n) is 35.4. The fourth-order valence-corrected chi connectivity index (χ4v) is 10.4. The summed E-state index contributed by atoms with van der Waals surface area (Å²) >= 11 is 0. The van der Waals surface area contributed by atoms with E-state index in [1.54, 1.807) is 0 Å². The topological polar surface area (TPSA) is 78.9 Å². The van der Waals surface area contributed by atoms with E-state index in [2.05, 4.69) is 93.7 Å². The third kappa shape index (κ3) is 67.5. The normalized spacial score (nSPS) is 12.5. The van der Waals surface area contributed by atoms with Gasteiger partial charge in [-0.1, -0.05) is 312 Å². The second-order valence-electron chi connectivity index (χ2n) is 23.8. The molecule has 0 aliphatic heterocycles. The Morgan fingerprint density at radius 3 is 0.765 bits per heavy atom. The molecule has 0 bridgehead atoms. The van der Waals surface area contributed by atoms with E-state index in [1.807, 2.05) is 0 Å². The predicted molar refractivity (Wildman–Crippen MR) is 353 cm³/mol. The van der Waals surface area contributed by atoms with Crippen LogP contribution in [0.2, 0.25) is 0 Å². The van der Waals surface area contributed by atoms with E-state index in [0.29, 0.717) is 19.3 Å². The van der Waals surface area contributed by atoms with Crippen LogP contribution in [-0.4, -0.2) is 37.2 Å². The van der Waals surface area contributed by atoms with E-state index in [-0.39, 0.29) is 31.1 Å². The molecule has 6 nitrogen and oxygen atoms in total. The zero-order valence-electron chi connectivity index (χ0n) is 54.1. The van der Waals surface area contributed by atoms with Gasteiger partial charge in [-0.3, -0.25) is 14.4 Å². The van der Waals surface area contributed by atoms with Gasteiger partial charge < -0.3 is 14.2 Å². The van der Waals surface area contributed by atoms with Crippen molar-refractivity contribution in [2.24, 2.45) is 0 Å². The number of carbonyl (C=O) groups excluding carboxylic acids is 3. The number of ether oxygens (including phenoxy) is 3. The molecule has 0 rings (SSSR count). The second-order valence-corrected chi connectivity index (χ2v) is 23.8. The Labute approximate surface area is 503 Å². The smallest absolute Gasteiger partial charge is 0.306 e. The molecule has 0 aromatic rings. The molecule has 0 aliphatic carbocycles. The number of esters is 3. The standard InChI is InChI=1S/C75H134O6/c1-4-7-10-13-16-19-22-25-28-30-32-34-35-36-37-38-39-41-42-44-47-50-53-56-59-62-65-68-74(77)80-71-72(70-79-73(76)67-64-61-58-55-52-49-46-27-24-21-18-15-12-9-6-3)81-75(78)69-66-63-60-57-54-51-48-45-43-40-33-31-29-26-23-20-17-14-11-8-5-2/h7,10,16,19,25,27-28,31-34,46,72H,4-6,8-9,11-15,17-18,20-24,26,29-30,35-45,47-71H2,1-3H3/b10-7-,19-16-,28-25-,33-31-,34-32-,46-27-. The van der Waals surface area contributed by atoms with Gasteiger partial charge in [0.05, 0.1) is 0 Å². The molecule has 1 unspecified atom stereocenters. The van der Waals surface area contributed by atoms with Crippen LogP contribution >= 0.6 is 0 Å². The molecule has 0 fully saturated rings. The van der Waals surface area contributed by atoms with Crippen molar-refractivity contribution >= 4 is 17.9 Å². The van der Waals surface area contributed by atoms with Crippen molar-refractivity contribution in [3.63, 3.8) is 0 Å². The Morgan fingerprint density at radius 2 is 0.481 bits per heavy atom. The lowest BCUT2D eigenvalue weighted by atomic mass is 10.0. The van der Waals surface area contributed by atoms with E-state index in [4.69, 9.17) is 14.2 Å². The Kier molecular flexibility index (Phi) is 66.6. The van der Waals surface area contributed by atoms with Crippen molar-refractivity contribution < 1.29 is 28.6 Å². The number of hydrogen-bond acceptors (Lipinski definition) is 6. The maximum atomic E-state index is 13.0. The lowest BCUT2D eigenvalue weighted by Crippen LogP contribution is -2.30. The Balaban J connectivity index is 4.29. The van der Waals surface area contributed by atoms with E-state index in [0.717, 1.165) is 89.9 Å². The van der Waals surface area contributed by atoms with Crippen LogP contribution in [-0.2, 0) is 28.6 Å². The number of carbonyl (C=O) groups is 3. The summed E-state index contributed by atoms with van der Waals surface area (Å²) < 4.78 is 17.0. The molecule has 0 aromatic carbocycles. The van der Waals surface area contributed by atoms with E-state index in [1.165, 1.54) is 238 Å². The van der Waals surface area contributed by atoms with Crippen LogP contribution in [0.1, 0.15) is 367 Å². The van der Waals surface area contributed by atoms with E-state index < -0.39 is 6.10 Å². The maximum Gasteiger partial charge on any atom is 0.306 e. The molecule has 0 saturated heterocycles. The molecular formula is C75H134O6. The molecule has 0 aromatic heterocycles. The largest absolute Gasteiger partial charge is 0.462 e. The van der Waals surface area contributed by atoms with Gasteiger partial charge in [0.15, 0.2) is 6.10 Å². The van der Waals surface area contributed by atoms with Crippen LogP contribution in [0.15, 0.2) is 72.9 Å². The number of rotatable bonds is 65. The number of hydrogen-bond donors (Lipinski definition) is 0. The summed E-state index contributed by atoms with van der Waals surface area (Å²) in [5, 5.41) is 0. The summed E-state index contributed by atoms with van der Waals surface area (Å²) in [5.41, 5.74) is 0. The van der Waals surface area contributed by atoms with Gasteiger partial charge in [0, 0.05) is 19.3 Å².